The summed E-state index contributed by atoms with van der Waals surface area (Å²) in [5.41, 5.74) is 5.93. The second-order valence-corrected chi connectivity index (χ2v) is 4.32. The van der Waals surface area contributed by atoms with Crippen molar-refractivity contribution in [1.29, 1.82) is 0 Å². The first-order chi connectivity index (χ1) is 8.25. The van der Waals surface area contributed by atoms with E-state index in [1.54, 1.807) is 0 Å². The first-order valence-corrected chi connectivity index (χ1v) is 6.44. The van der Waals surface area contributed by atoms with Crippen LogP contribution in [-0.4, -0.2) is 44.9 Å². The lowest BCUT2D eigenvalue weighted by atomic mass is 9.92. The number of hydrogen-bond donors (Lipinski definition) is 2. The number of carbonyl (C=O) groups is 1. The fourth-order valence-electron chi connectivity index (χ4n) is 1.94. The van der Waals surface area contributed by atoms with Gasteiger partial charge in [0.2, 0.25) is 5.91 Å². The molecular formula is C12H24N2O3. The van der Waals surface area contributed by atoms with Crippen LogP contribution in [0.4, 0.5) is 0 Å². The zero-order valence-corrected chi connectivity index (χ0v) is 10.6. The van der Waals surface area contributed by atoms with E-state index < -0.39 is 6.04 Å². The van der Waals surface area contributed by atoms with Crippen LogP contribution in [0.15, 0.2) is 0 Å². The molecule has 1 atom stereocenters. The van der Waals surface area contributed by atoms with Gasteiger partial charge in [-0.15, -0.1) is 0 Å². The van der Waals surface area contributed by atoms with Gasteiger partial charge in [-0.3, -0.25) is 4.79 Å². The van der Waals surface area contributed by atoms with Crippen molar-refractivity contribution >= 4 is 5.91 Å². The normalized spacial score (nSPS) is 18.9. The molecule has 1 fully saturated rings. The minimum Gasteiger partial charge on any atom is -0.382 e. The smallest absolute Gasteiger partial charge is 0.237 e. The monoisotopic (exact) mass is 244 g/mol. The molecule has 1 heterocycles. The summed E-state index contributed by atoms with van der Waals surface area (Å²) in [4.78, 5) is 11.8. The van der Waals surface area contributed by atoms with Crippen molar-refractivity contribution in [2.75, 3.05) is 33.0 Å². The Kier molecular flexibility index (Phi) is 7.16. The molecule has 0 aliphatic carbocycles. The van der Waals surface area contributed by atoms with Crippen LogP contribution < -0.4 is 11.1 Å². The maximum atomic E-state index is 11.8. The van der Waals surface area contributed by atoms with Crippen LogP contribution in [0.1, 0.15) is 26.2 Å². The molecule has 0 aromatic heterocycles. The molecule has 1 amide bonds. The number of nitrogens with one attached hydrogen (secondary N) is 1. The second-order valence-electron chi connectivity index (χ2n) is 4.32. The third kappa shape index (κ3) is 5.48. The van der Waals surface area contributed by atoms with Gasteiger partial charge in [-0.1, -0.05) is 0 Å². The SMILES string of the molecule is CCOCCCNC(=O)C(N)C1CCOCC1. The summed E-state index contributed by atoms with van der Waals surface area (Å²) in [7, 11) is 0. The third-order valence-corrected chi connectivity index (χ3v) is 3.05. The number of ether oxygens (including phenoxy) is 2. The van der Waals surface area contributed by atoms with Crippen LogP contribution >= 0.6 is 0 Å². The maximum absolute atomic E-state index is 11.8. The fourth-order valence-corrected chi connectivity index (χ4v) is 1.94. The van der Waals surface area contributed by atoms with Gasteiger partial charge in [0.15, 0.2) is 0 Å². The van der Waals surface area contributed by atoms with Crippen molar-refractivity contribution in [3.05, 3.63) is 0 Å². The number of amides is 1. The van der Waals surface area contributed by atoms with Gasteiger partial charge in [0, 0.05) is 33.0 Å². The van der Waals surface area contributed by atoms with E-state index >= 15 is 0 Å². The molecule has 0 radical (unpaired) electrons. The van der Waals surface area contributed by atoms with E-state index in [2.05, 4.69) is 5.32 Å². The largest absolute Gasteiger partial charge is 0.382 e. The topological polar surface area (TPSA) is 73.6 Å². The molecule has 0 bridgehead atoms. The number of carbonyl (C=O) groups excluding carboxylic acids is 1. The molecule has 1 rings (SSSR count). The molecule has 0 spiro atoms. The molecule has 17 heavy (non-hydrogen) atoms. The van der Waals surface area contributed by atoms with E-state index in [0.29, 0.717) is 13.2 Å². The molecule has 1 aliphatic rings. The van der Waals surface area contributed by atoms with E-state index in [1.807, 2.05) is 6.92 Å². The van der Waals surface area contributed by atoms with Crippen LogP contribution in [0.5, 0.6) is 0 Å². The molecule has 1 saturated heterocycles. The van der Waals surface area contributed by atoms with Gasteiger partial charge in [-0.2, -0.15) is 0 Å². The summed E-state index contributed by atoms with van der Waals surface area (Å²) in [6, 6.07) is -0.397. The minimum absolute atomic E-state index is 0.0478. The molecule has 5 nitrogen and oxygen atoms in total. The molecule has 100 valence electrons. The molecule has 0 saturated carbocycles. The Morgan fingerprint density at radius 1 is 1.53 bits per heavy atom. The highest BCUT2D eigenvalue weighted by atomic mass is 16.5. The van der Waals surface area contributed by atoms with Gasteiger partial charge >= 0.3 is 0 Å². The van der Waals surface area contributed by atoms with Crippen LogP contribution in [-0.2, 0) is 14.3 Å². The Hall–Kier alpha value is -0.650. The molecule has 1 unspecified atom stereocenters. The van der Waals surface area contributed by atoms with Gasteiger partial charge in [0.25, 0.3) is 0 Å². The fraction of sp³-hybridized carbons (Fsp3) is 0.917. The Labute approximate surface area is 103 Å². The lowest BCUT2D eigenvalue weighted by Crippen LogP contribution is -2.47. The molecule has 0 aromatic rings. The maximum Gasteiger partial charge on any atom is 0.237 e. The Bertz CT molecular complexity index is 218. The van der Waals surface area contributed by atoms with Crippen molar-refractivity contribution in [2.45, 2.75) is 32.2 Å². The van der Waals surface area contributed by atoms with Crippen molar-refractivity contribution in [1.82, 2.24) is 5.32 Å². The van der Waals surface area contributed by atoms with E-state index in [-0.39, 0.29) is 11.8 Å². The van der Waals surface area contributed by atoms with Crippen LogP contribution in [0.2, 0.25) is 0 Å². The first-order valence-electron chi connectivity index (χ1n) is 6.44. The zero-order valence-electron chi connectivity index (χ0n) is 10.6. The predicted molar refractivity (Wildman–Crippen MR) is 65.6 cm³/mol. The zero-order chi connectivity index (χ0) is 12.5. The summed E-state index contributed by atoms with van der Waals surface area (Å²) in [6.07, 6.45) is 2.60. The number of hydrogen-bond acceptors (Lipinski definition) is 4. The number of nitrogens with two attached hydrogens (primary N) is 1. The van der Waals surface area contributed by atoms with E-state index in [1.165, 1.54) is 0 Å². The standard InChI is InChI=1S/C12H24N2O3/c1-2-16-7-3-6-14-12(15)11(13)10-4-8-17-9-5-10/h10-11H,2-9,13H2,1H3,(H,14,15). The van der Waals surface area contributed by atoms with Gasteiger partial charge in [-0.25, -0.2) is 0 Å². The van der Waals surface area contributed by atoms with E-state index in [4.69, 9.17) is 15.2 Å². The quantitative estimate of drug-likeness (QED) is 0.631. The summed E-state index contributed by atoms with van der Waals surface area (Å²) in [6.45, 7) is 5.43. The molecule has 3 N–H and O–H groups in total. The molecule has 5 heteroatoms. The van der Waals surface area contributed by atoms with Gasteiger partial charge in [-0.05, 0) is 32.1 Å². The lowest BCUT2D eigenvalue weighted by molar-refractivity contribution is -0.124. The van der Waals surface area contributed by atoms with Crippen LogP contribution in [0.3, 0.4) is 0 Å². The Balaban J connectivity index is 2.13. The summed E-state index contributed by atoms with van der Waals surface area (Å²) >= 11 is 0. The highest BCUT2D eigenvalue weighted by molar-refractivity contribution is 5.81. The molecule has 0 aromatic carbocycles. The average Bonchev–Trinajstić information content (AvgIpc) is 2.38. The van der Waals surface area contributed by atoms with Crippen molar-refractivity contribution < 1.29 is 14.3 Å². The summed E-state index contributed by atoms with van der Waals surface area (Å²) in [5.74, 6) is 0.212. The highest BCUT2D eigenvalue weighted by Gasteiger charge is 2.25. The lowest BCUT2D eigenvalue weighted by Gasteiger charge is -2.26. The minimum atomic E-state index is -0.397. The van der Waals surface area contributed by atoms with Crippen molar-refractivity contribution in [3.63, 3.8) is 0 Å². The second kappa shape index (κ2) is 8.44. The van der Waals surface area contributed by atoms with Gasteiger partial charge in [0.1, 0.15) is 0 Å². The Morgan fingerprint density at radius 3 is 2.88 bits per heavy atom. The summed E-state index contributed by atoms with van der Waals surface area (Å²) < 4.78 is 10.4. The van der Waals surface area contributed by atoms with Gasteiger partial charge in [0.05, 0.1) is 6.04 Å². The highest BCUT2D eigenvalue weighted by Crippen LogP contribution is 2.17. The van der Waals surface area contributed by atoms with Gasteiger partial charge < -0.3 is 20.5 Å². The first kappa shape index (κ1) is 14.4. The van der Waals surface area contributed by atoms with E-state index in [0.717, 1.165) is 39.1 Å². The van der Waals surface area contributed by atoms with Crippen LogP contribution in [0.25, 0.3) is 0 Å². The molecule has 1 aliphatic heterocycles. The van der Waals surface area contributed by atoms with Crippen molar-refractivity contribution in [2.24, 2.45) is 11.7 Å². The average molecular weight is 244 g/mol. The predicted octanol–water partition coefficient (Wildman–Crippen LogP) is 0.283. The third-order valence-electron chi connectivity index (χ3n) is 3.05. The number of rotatable bonds is 7. The van der Waals surface area contributed by atoms with Crippen molar-refractivity contribution in [3.8, 4) is 0 Å². The molecular weight excluding hydrogens is 220 g/mol. The van der Waals surface area contributed by atoms with Crippen LogP contribution in [0, 0.1) is 5.92 Å². The Morgan fingerprint density at radius 2 is 2.24 bits per heavy atom. The van der Waals surface area contributed by atoms with E-state index in [9.17, 15) is 4.79 Å². The summed E-state index contributed by atoms with van der Waals surface area (Å²) in [5, 5.41) is 2.85.